The quantitative estimate of drug-likeness (QED) is 0.638. The largest absolute Gasteiger partial charge is 0.481 e. The normalized spacial score (nSPS) is 9.09. The summed E-state index contributed by atoms with van der Waals surface area (Å²) in [6.45, 7) is 1.77. The fourth-order valence-electron chi connectivity index (χ4n) is 1.33. The number of carboxylic acid groups (broad SMARTS) is 2. The highest BCUT2D eigenvalue weighted by Crippen LogP contribution is 2.12. The SMILES string of the molecule is CC(=O)O.CC(=O)O.OCc1nc2ccccc2nc1CO. The molecule has 0 radical (unpaired) electrons. The van der Waals surface area contributed by atoms with Gasteiger partial charge in [-0.3, -0.25) is 9.59 Å². The molecule has 0 aliphatic heterocycles. The topological polar surface area (TPSA) is 141 Å². The molecule has 8 heteroatoms. The Morgan fingerprint density at radius 1 is 0.864 bits per heavy atom. The fourth-order valence-corrected chi connectivity index (χ4v) is 1.33. The lowest BCUT2D eigenvalue weighted by molar-refractivity contribution is -0.135. The van der Waals surface area contributed by atoms with Gasteiger partial charge in [0.25, 0.3) is 11.9 Å². The van der Waals surface area contributed by atoms with Crippen molar-refractivity contribution in [2.75, 3.05) is 0 Å². The highest BCUT2D eigenvalue weighted by Gasteiger charge is 2.05. The van der Waals surface area contributed by atoms with Gasteiger partial charge in [-0.2, -0.15) is 0 Å². The van der Waals surface area contributed by atoms with Gasteiger partial charge in [-0.15, -0.1) is 0 Å². The number of aliphatic carboxylic acids is 2. The molecule has 22 heavy (non-hydrogen) atoms. The average Bonchev–Trinajstić information content (AvgIpc) is 2.44. The Morgan fingerprint density at radius 3 is 1.36 bits per heavy atom. The van der Waals surface area contributed by atoms with Gasteiger partial charge >= 0.3 is 0 Å². The number of hydrogen-bond acceptors (Lipinski definition) is 6. The number of benzene rings is 1. The second-order valence-electron chi connectivity index (χ2n) is 3.96. The van der Waals surface area contributed by atoms with E-state index in [-0.39, 0.29) is 13.2 Å². The number of aromatic nitrogens is 2. The Labute approximate surface area is 126 Å². The molecule has 1 heterocycles. The zero-order valence-electron chi connectivity index (χ0n) is 12.2. The van der Waals surface area contributed by atoms with E-state index in [1.54, 1.807) is 0 Å². The maximum atomic E-state index is 9.00. The van der Waals surface area contributed by atoms with E-state index in [1.165, 1.54) is 0 Å². The third-order valence-corrected chi connectivity index (χ3v) is 2.03. The Bertz CT molecular complexity index is 567. The number of carbonyl (C=O) groups is 2. The molecule has 0 unspecified atom stereocenters. The van der Waals surface area contributed by atoms with Crippen LogP contribution < -0.4 is 0 Å². The minimum Gasteiger partial charge on any atom is -0.481 e. The van der Waals surface area contributed by atoms with Crippen molar-refractivity contribution in [2.24, 2.45) is 0 Å². The zero-order chi connectivity index (χ0) is 17.1. The Kier molecular flexibility index (Phi) is 9.00. The number of aliphatic hydroxyl groups excluding tert-OH is 2. The number of nitrogens with zero attached hydrogens (tertiary/aromatic N) is 2. The van der Waals surface area contributed by atoms with Crippen molar-refractivity contribution < 1.29 is 30.0 Å². The van der Waals surface area contributed by atoms with E-state index < -0.39 is 11.9 Å². The van der Waals surface area contributed by atoms with Gasteiger partial charge in [-0.05, 0) is 12.1 Å². The van der Waals surface area contributed by atoms with Crippen LogP contribution in [-0.4, -0.2) is 42.3 Å². The summed E-state index contributed by atoms with van der Waals surface area (Å²) in [6.07, 6.45) is 0. The smallest absolute Gasteiger partial charge is 0.300 e. The highest BCUT2D eigenvalue weighted by atomic mass is 16.4. The van der Waals surface area contributed by atoms with Crippen LogP contribution in [0.4, 0.5) is 0 Å². The zero-order valence-corrected chi connectivity index (χ0v) is 12.2. The molecule has 4 N–H and O–H groups in total. The van der Waals surface area contributed by atoms with Crippen LogP contribution in [0.1, 0.15) is 25.2 Å². The molecular weight excluding hydrogens is 292 g/mol. The maximum absolute atomic E-state index is 9.00. The molecule has 0 saturated carbocycles. The second-order valence-corrected chi connectivity index (χ2v) is 3.96. The molecular formula is C14H18N2O6. The van der Waals surface area contributed by atoms with Gasteiger partial charge in [0.15, 0.2) is 0 Å². The second kappa shape index (κ2) is 10.2. The fraction of sp³-hybridized carbons (Fsp3) is 0.286. The van der Waals surface area contributed by atoms with Gasteiger partial charge in [-0.1, -0.05) is 12.1 Å². The van der Waals surface area contributed by atoms with E-state index >= 15 is 0 Å². The first-order valence-corrected chi connectivity index (χ1v) is 6.17. The number of hydrogen-bond donors (Lipinski definition) is 4. The molecule has 0 saturated heterocycles. The molecule has 8 nitrogen and oxygen atoms in total. The number of para-hydroxylation sites is 2. The first kappa shape index (κ1) is 19.4. The van der Waals surface area contributed by atoms with Gasteiger partial charge < -0.3 is 20.4 Å². The predicted molar refractivity (Wildman–Crippen MR) is 78.0 cm³/mol. The van der Waals surface area contributed by atoms with Gasteiger partial charge in [-0.25, -0.2) is 9.97 Å². The molecule has 0 aliphatic carbocycles. The van der Waals surface area contributed by atoms with E-state index in [1.807, 2.05) is 24.3 Å². The first-order valence-electron chi connectivity index (χ1n) is 6.17. The molecule has 0 aliphatic rings. The van der Waals surface area contributed by atoms with Gasteiger partial charge in [0.1, 0.15) is 0 Å². The summed E-state index contributed by atoms with van der Waals surface area (Å²) in [5, 5.41) is 32.8. The maximum Gasteiger partial charge on any atom is 0.300 e. The third-order valence-electron chi connectivity index (χ3n) is 2.03. The molecule has 0 amide bonds. The van der Waals surface area contributed by atoms with Crippen molar-refractivity contribution in [3.63, 3.8) is 0 Å². The molecule has 0 spiro atoms. The van der Waals surface area contributed by atoms with Crippen molar-refractivity contribution in [1.82, 2.24) is 9.97 Å². The van der Waals surface area contributed by atoms with Crippen molar-refractivity contribution in [3.05, 3.63) is 35.7 Å². The minimum absolute atomic E-state index is 0.201. The summed E-state index contributed by atoms with van der Waals surface area (Å²) in [7, 11) is 0. The Hall–Kier alpha value is -2.58. The van der Waals surface area contributed by atoms with Crippen LogP contribution in [0, 0.1) is 0 Å². The lowest BCUT2D eigenvalue weighted by Crippen LogP contribution is -2.01. The Balaban J connectivity index is 0.000000464. The molecule has 1 aromatic carbocycles. The van der Waals surface area contributed by atoms with Crippen molar-refractivity contribution >= 4 is 23.0 Å². The van der Waals surface area contributed by atoms with Crippen molar-refractivity contribution in [2.45, 2.75) is 27.1 Å². The van der Waals surface area contributed by atoms with E-state index in [4.69, 9.17) is 30.0 Å². The van der Waals surface area contributed by atoms with Crippen LogP contribution in [0.3, 0.4) is 0 Å². The number of aliphatic hydroxyl groups is 2. The summed E-state index contributed by atoms with van der Waals surface area (Å²) in [5.41, 5.74) is 2.33. The molecule has 0 fully saturated rings. The number of rotatable bonds is 2. The van der Waals surface area contributed by atoms with Gasteiger partial charge in [0.05, 0.1) is 35.6 Å². The van der Waals surface area contributed by atoms with E-state index in [0.717, 1.165) is 24.9 Å². The lowest BCUT2D eigenvalue weighted by atomic mass is 10.2. The third kappa shape index (κ3) is 7.88. The molecule has 0 atom stereocenters. The summed E-state index contributed by atoms with van der Waals surface area (Å²) in [5.74, 6) is -1.67. The molecule has 1 aromatic heterocycles. The predicted octanol–water partition coefficient (Wildman–Crippen LogP) is 0.796. The van der Waals surface area contributed by atoms with E-state index in [2.05, 4.69) is 9.97 Å². The van der Waals surface area contributed by atoms with Crippen LogP contribution in [0.5, 0.6) is 0 Å². The number of carboxylic acids is 2. The van der Waals surface area contributed by atoms with Crippen LogP contribution in [0.2, 0.25) is 0 Å². The van der Waals surface area contributed by atoms with Gasteiger partial charge in [0.2, 0.25) is 0 Å². The van der Waals surface area contributed by atoms with Crippen LogP contribution in [0.15, 0.2) is 24.3 Å². The molecule has 2 aromatic rings. The van der Waals surface area contributed by atoms with Crippen LogP contribution in [-0.2, 0) is 22.8 Å². The van der Waals surface area contributed by atoms with Crippen LogP contribution in [0.25, 0.3) is 11.0 Å². The van der Waals surface area contributed by atoms with Crippen molar-refractivity contribution in [3.8, 4) is 0 Å². The highest BCUT2D eigenvalue weighted by molar-refractivity contribution is 5.74. The first-order chi connectivity index (χ1) is 10.3. The minimum atomic E-state index is -0.833. The summed E-state index contributed by atoms with van der Waals surface area (Å²) in [6, 6.07) is 7.36. The summed E-state index contributed by atoms with van der Waals surface area (Å²) >= 11 is 0. The molecule has 120 valence electrons. The monoisotopic (exact) mass is 310 g/mol. The van der Waals surface area contributed by atoms with Crippen molar-refractivity contribution in [1.29, 1.82) is 0 Å². The molecule has 0 bridgehead atoms. The van der Waals surface area contributed by atoms with E-state index in [9.17, 15) is 0 Å². The average molecular weight is 310 g/mol. The number of fused-ring (bicyclic) bond motifs is 1. The summed E-state index contributed by atoms with van der Waals surface area (Å²) in [4.78, 5) is 26.4. The molecule has 2 rings (SSSR count). The van der Waals surface area contributed by atoms with Gasteiger partial charge in [0, 0.05) is 13.8 Å². The van der Waals surface area contributed by atoms with E-state index in [0.29, 0.717) is 11.4 Å². The Morgan fingerprint density at radius 2 is 1.14 bits per heavy atom. The lowest BCUT2D eigenvalue weighted by Gasteiger charge is -2.04. The summed E-state index contributed by atoms with van der Waals surface area (Å²) < 4.78 is 0. The van der Waals surface area contributed by atoms with Crippen LogP contribution >= 0.6 is 0 Å². The standard InChI is InChI=1S/C10H10N2O2.2C2H4O2/c13-5-9-10(6-14)12-8-4-2-1-3-7(8)11-9;2*1-2(3)4/h1-4,13-14H,5-6H2;2*1H3,(H,3,4).